The lowest BCUT2D eigenvalue weighted by atomic mass is 9.95. The van der Waals surface area contributed by atoms with Crippen molar-refractivity contribution in [3.63, 3.8) is 0 Å². The van der Waals surface area contributed by atoms with E-state index in [2.05, 4.69) is 53.7 Å². The van der Waals surface area contributed by atoms with Crippen molar-refractivity contribution in [2.45, 2.75) is 40.7 Å². The van der Waals surface area contributed by atoms with E-state index in [1.807, 2.05) is 19.1 Å². The Hall–Kier alpha value is -4.37. The zero-order chi connectivity index (χ0) is 29.4. The molecule has 0 fully saturated rings. The fourth-order valence-electron chi connectivity index (χ4n) is 5.30. The van der Waals surface area contributed by atoms with Crippen molar-refractivity contribution in [1.82, 2.24) is 9.13 Å². The molecule has 4 aromatic rings. The average Bonchev–Trinajstić information content (AvgIpc) is 3.41. The van der Waals surface area contributed by atoms with Crippen molar-refractivity contribution >= 4 is 23.4 Å². The molecular weight excluding hydrogens is 538 g/mol. The number of hydrogen-bond donors (Lipinski definition) is 0. The van der Waals surface area contributed by atoms with E-state index >= 15 is 0 Å². The monoisotopic (exact) mass is 571 g/mol. The van der Waals surface area contributed by atoms with Crippen molar-refractivity contribution in [2.24, 2.45) is 4.99 Å². The molecule has 5 rings (SSSR count). The van der Waals surface area contributed by atoms with E-state index in [0.29, 0.717) is 37.7 Å². The molecule has 8 nitrogen and oxygen atoms in total. The van der Waals surface area contributed by atoms with E-state index in [1.165, 1.54) is 16.9 Å². The number of carbonyl (C=O) groups is 1. The van der Waals surface area contributed by atoms with Gasteiger partial charge in [-0.3, -0.25) is 9.36 Å². The number of aromatic nitrogens is 2. The molecule has 212 valence electrons. The summed E-state index contributed by atoms with van der Waals surface area (Å²) < 4.78 is 20.6. The van der Waals surface area contributed by atoms with Crippen LogP contribution in [0.15, 0.2) is 69.6 Å². The molecular formula is C32H33N3O5S. The Labute approximate surface area is 242 Å². The van der Waals surface area contributed by atoms with E-state index < -0.39 is 12.0 Å². The SMILES string of the molecule is CCOC(=O)C1=C(C)N=c2sc(=Cc3cc(C)n(-c4ccc(C)cc4)c3C)c(=O)n2[C@H]1c1ccc(OC)c(OC)c1. The molecule has 41 heavy (non-hydrogen) atoms. The lowest BCUT2D eigenvalue weighted by Crippen LogP contribution is -2.40. The highest BCUT2D eigenvalue weighted by atomic mass is 32.1. The first-order valence-electron chi connectivity index (χ1n) is 13.4. The van der Waals surface area contributed by atoms with Gasteiger partial charge in [-0.15, -0.1) is 0 Å². The van der Waals surface area contributed by atoms with Crippen LogP contribution in [0.4, 0.5) is 0 Å². The molecule has 3 heterocycles. The van der Waals surface area contributed by atoms with Crippen LogP contribution < -0.4 is 24.4 Å². The smallest absolute Gasteiger partial charge is 0.338 e. The van der Waals surface area contributed by atoms with E-state index in [4.69, 9.17) is 14.2 Å². The Balaban J connectivity index is 1.70. The molecule has 0 bridgehead atoms. The average molecular weight is 572 g/mol. The van der Waals surface area contributed by atoms with Gasteiger partial charge in [0, 0.05) is 17.1 Å². The zero-order valence-corrected chi connectivity index (χ0v) is 25.1. The second-order valence-electron chi connectivity index (χ2n) is 9.91. The Morgan fingerprint density at radius 2 is 1.71 bits per heavy atom. The number of ether oxygens (including phenoxy) is 3. The van der Waals surface area contributed by atoms with Crippen molar-refractivity contribution in [3.8, 4) is 17.2 Å². The highest BCUT2D eigenvalue weighted by Gasteiger charge is 2.34. The van der Waals surface area contributed by atoms with Crippen LogP contribution in [-0.4, -0.2) is 35.9 Å². The Morgan fingerprint density at radius 1 is 1.00 bits per heavy atom. The number of fused-ring (bicyclic) bond motifs is 1. The lowest BCUT2D eigenvalue weighted by Gasteiger charge is -2.25. The molecule has 0 unspecified atom stereocenters. The minimum Gasteiger partial charge on any atom is -0.493 e. The lowest BCUT2D eigenvalue weighted by molar-refractivity contribution is -0.139. The Morgan fingerprint density at radius 3 is 2.37 bits per heavy atom. The number of aryl methyl sites for hydroxylation is 2. The fraction of sp³-hybridized carbons (Fsp3) is 0.281. The summed E-state index contributed by atoms with van der Waals surface area (Å²) in [6.45, 7) is 9.89. The van der Waals surface area contributed by atoms with Gasteiger partial charge in [0.05, 0.1) is 42.7 Å². The highest BCUT2D eigenvalue weighted by molar-refractivity contribution is 7.07. The van der Waals surface area contributed by atoms with Crippen LogP contribution in [0.1, 0.15) is 48.0 Å². The molecule has 0 N–H and O–H groups in total. The van der Waals surface area contributed by atoms with Gasteiger partial charge in [-0.25, -0.2) is 9.79 Å². The van der Waals surface area contributed by atoms with E-state index in [-0.39, 0.29) is 12.2 Å². The summed E-state index contributed by atoms with van der Waals surface area (Å²) in [7, 11) is 3.11. The molecule has 1 aliphatic heterocycles. The van der Waals surface area contributed by atoms with Gasteiger partial charge in [-0.05, 0) is 82.2 Å². The molecule has 0 saturated heterocycles. The second kappa shape index (κ2) is 11.2. The van der Waals surface area contributed by atoms with Crippen LogP contribution in [0, 0.1) is 20.8 Å². The maximum Gasteiger partial charge on any atom is 0.338 e. The van der Waals surface area contributed by atoms with Crippen LogP contribution >= 0.6 is 11.3 Å². The number of thiazole rings is 1. The third-order valence-corrected chi connectivity index (χ3v) is 8.27. The van der Waals surface area contributed by atoms with Gasteiger partial charge in [0.2, 0.25) is 0 Å². The molecule has 1 aliphatic rings. The van der Waals surface area contributed by atoms with Crippen molar-refractivity contribution in [3.05, 3.63) is 108 Å². The van der Waals surface area contributed by atoms with Gasteiger partial charge in [-0.1, -0.05) is 35.1 Å². The molecule has 2 aromatic heterocycles. The van der Waals surface area contributed by atoms with Gasteiger partial charge in [0.25, 0.3) is 5.56 Å². The molecule has 0 spiro atoms. The molecule has 2 aromatic carbocycles. The fourth-order valence-corrected chi connectivity index (χ4v) is 6.33. The molecule has 1 atom stereocenters. The van der Waals surface area contributed by atoms with Crippen LogP contribution in [0.2, 0.25) is 0 Å². The molecule has 0 aliphatic carbocycles. The van der Waals surface area contributed by atoms with E-state index in [0.717, 1.165) is 22.6 Å². The molecule has 0 saturated carbocycles. The Bertz CT molecular complexity index is 1860. The number of nitrogens with zero attached hydrogens (tertiary/aromatic N) is 3. The molecule has 9 heteroatoms. The number of methoxy groups -OCH3 is 2. The number of esters is 1. The van der Waals surface area contributed by atoms with Crippen LogP contribution in [-0.2, 0) is 9.53 Å². The largest absolute Gasteiger partial charge is 0.493 e. The number of allylic oxidation sites excluding steroid dienone is 1. The minimum atomic E-state index is -0.743. The quantitative estimate of drug-likeness (QED) is 0.305. The zero-order valence-electron chi connectivity index (χ0n) is 24.3. The summed E-state index contributed by atoms with van der Waals surface area (Å²) in [4.78, 5) is 32.5. The first kappa shape index (κ1) is 28.2. The normalized spacial score (nSPS) is 15.0. The number of benzene rings is 2. The minimum absolute atomic E-state index is 0.204. The van der Waals surface area contributed by atoms with Gasteiger partial charge in [-0.2, -0.15) is 0 Å². The van der Waals surface area contributed by atoms with Crippen LogP contribution in [0.3, 0.4) is 0 Å². The van der Waals surface area contributed by atoms with Crippen molar-refractivity contribution in [2.75, 3.05) is 20.8 Å². The van der Waals surface area contributed by atoms with Crippen LogP contribution in [0.25, 0.3) is 11.8 Å². The predicted octanol–water partition coefficient (Wildman–Crippen LogP) is 4.53. The van der Waals surface area contributed by atoms with Crippen molar-refractivity contribution < 1.29 is 19.0 Å². The summed E-state index contributed by atoms with van der Waals surface area (Å²) in [6.07, 6.45) is 1.91. The number of carbonyl (C=O) groups excluding carboxylic acids is 1. The Kier molecular flexibility index (Phi) is 7.73. The predicted molar refractivity (Wildman–Crippen MR) is 160 cm³/mol. The summed E-state index contributed by atoms with van der Waals surface area (Å²) in [5.41, 5.74) is 6.56. The third kappa shape index (κ3) is 5.02. The van der Waals surface area contributed by atoms with Gasteiger partial charge in [0.1, 0.15) is 0 Å². The van der Waals surface area contributed by atoms with Gasteiger partial charge in [0.15, 0.2) is 16.3 Å². The van der Waals surface area contributed by atoms with Gasteiger partial charge < -0.3 is 18.8 Å². The summed E-state index contributed by atoms with van der Waals surface area (Å²) >= 11 is 1.30. The molecule has 0 amide bonds. The maximum atomic E-state index is 14.1. The van der Waals surface area contributed by atoms with Gasteiger partial charge >= 0.3 is 5.97 Å². The van der Waals surface area contributed by atoms with E-state index in [1.54, 1.807) is 44.8 Å². The maximum absolute atomic E-state index is 14.1. The summed E-state index contributed by atoms with van der Waals surface area (Å²) in [5, 5.41) is 0. The second-order valence-corrected chi connectivity index (χ2v) is 10.9. The van der Waals surface area contributed by atoms with Crippen LogP contribution in [0.5, 0.6) is 11.5 Å². The third-order valence-electron chi connectivity index (χ3n) is 7.29. The summed E-state index contributed by atoms with van der Waals surface area (Å²) in [5.74, 6) is 0.531. The summed E-state index contributed by atoms with van der Waals surface area (Å²) in [6, 6.07) is 15.1. The first-order chi connectivity index (χ1) is 19.7. The standard InChI is InChI=1S/C32H33N3O5S/c1-8-40-31(37)28-20(4)33-32-35(29(28)22-11-14-25(38-6)26(16-22)39-7)30(36)27(41-32)17-23-15-19(3)34(21(23)5)24-12-9-18(2)10-13-24/h9-17,29H,8H2,1-7H3/t29-/m0/s1. The van der Waals surface area contributed by atoms with Crippen molar-refractivity contribution in [1.29, 1.82) is 0 Å². The highest BCUT2D eigenvalue weighted by Crippen LogP contribution is 2.36. The topological polar surface area (TPSA) is 84.1 Å². The van der Waals surface area contributed by atoms with E-state index in [9.17, 15) is 9.59 Å². The number of rotatable bonds is 7. The number of hydrogen-bond acceptors (Lipinski definition) is 7. The first-order valence-corrected chi connectivity index (χ1v) is 14.2. The molecule has 0 radical (unpaired) electrons.